The van der Waals surface area contributed by atoms with Crippen LogP contribution in [-0.4, -0.2) is 36.0 Å². The van der Waals surface area contributed by atoms with E-state index in [-0.39, 0.29) is 27.8 Å². The maximum absolute atomic E-state index is 12.1. The number of nitrogen functional groups attached to an aromatic ring is 2. The highest BCUT2D eigenvalue weighted by atomic mass is 32.2. The van der Waals surface area contributed by atoms with Gasteiger partial charge in [-0.1, -0.05) is 0 Å². The Kier molecular flexibility index (Phi) is 7.18. The van der Waals surface area contributed by atoms with Crippen LogP contribution in [0.5, 0.6) is 5.75 Å². The van der Waals surface area contributed by atoms with Gasteiger partial charge in [0.05, 0.1) is 27.4 Å². The topological polar surface area (TPSA) is 274 Å². The second kappa shape index (κ2) is 10.3. The summed E-state index contributed by atoms with van der Waals surface area (Å²) in [6.45, 7) is 0. The van der Waals surface area contributed by atoms with Gasteiger partial charge in [-0.2, -0.15) is 27.1 Å². The van der Waals surface area contributed by atoms with Crippen LogP contribution >= 0.6 is 0 Å². The van der Waals surface area contributed by atoms with E-state index in [1.165, 1.54) is 36.4 Å². The minimum absolute atomic E-state index is 0.0373. The Morgan fingerprint density at radius 2 is 1.18 bits per heavy atom. The van der Waals surface area contributed by atoms with Crippen molar-refractivity contribution in [2.24, 2.45) is 20.5 Å². The van der Waals surface area contributed by atoms with Crippen molar-refractivity contribution in [2.45, 2.75) is 9.79 Å². The molecular formula is C22H17N7O9S2. The molecule has 0 bridgehead atoms. The lowest BCUT2D eigenvalue weighted by atomic mass is 10.1. The Balaban J connectivity index is 1.98. The molecule has 0 aromatic heterocycles. The second-order valence-corrected chi connectivity index (χ2v) is 10.8. The highest BCUT2D eigenvalue weighted by Gasteiger charge is 2.28. The molecule has 4 rings (SSSR count). The van der Waals surface area contributed by atoms with E-state index >= 15 is 0 Å². The van der Waals surface area contributed by atoms with Gasteiger partial charge in [0.15, 0.2) is 5.75 Å². The molecule has 206 valence electrons. The molecule has 0 radical (unpaired) electrons. The summed E-state index contributed by atoms with van der Waals surface area (Å²) < 4.78 is 68.1. The number of anilines is 2. The fourth-order valence-corrected chi connectivity index (χ4v) is 4.83. The van der Waals surface area contributed by atoms with Crippen molar-refractivity contribution in [2.75, 3.05) is 11.5 Å². The molecule has 0 amide bonds. The summed E-state index contributed by atoms with van der Waals surface area (Å²) in [5, 5.41) is 36.3. The van der Waals surface area contributed by atoms with Crippen LogP contribution in [0.15, 0.2) is 90.9 Å². The van der Waals surface area contributed by atoms with Gasteiger partial charge in [0.1, 0.15) is 21.2 Å². The fourth-order valence-electron chi connectivity index (χ4n) is 3.50. The number of benzene rings is 4. The Labute approximate surface area is 225 Å². The lowest BCUT2D eigenvalue weighted by Crippen LogP contribution is -2.03. The summed E-state index contributed by atoms with van der Waals surface area (Å²) in [6.07, 6.45) is 0. The molecule has 0 aliphatic rings. The van der Waals surface area contributed by atoms with Gasteiger partial charge >= 0.3 is 0 Å². The van der Waals surface area contributed by atoms with E-state index < -0.39 is 57.8 Å². The zero-order chi connectivity index (χ0) is 29.4. The zero-order valence-electron chi connectivity index (χ0n) is 19.8. The van der Waals surface area contributed by atoms with Crippen LogP contribution < -0.4 is 11.5 Å². The number of azo groups is 2. The summed E-state index contributed by atoms with van der Waals surface area (Å²) in [4.78, 5) is 8.33. The number of nitrogens with zero attached hydrogens (tertiary/aromatic N) is 5. The highest BCUT2D eigenvalue weighted by molar-refractivity contribution is 7.86. The first-order chi connectivity index (χ1) is 18.7. The molecule has 18 heteroatoms. The lowest BCUT2D eigenvalue weighted by molar-refractivity contribution is -0.384. The zero-order valence-corrected chi connectivity index (χ0v) is 21.4. The van der Waals surface area contributed by atoms with Crippen LogP contribution in [0.4, 0.5) is 39.8 Å². The molecule has 4 aromatic carbocycles. The number of rotatable bonds is 7. The smallest absolute Gasteiger partial charge is 0.296 e. The van der Waals surface area contributed by atoms with E-state index in [4.69, 9.17) is 11.5 Å². The third kappa shape index (κ3) is 5.68. The minimum atomic E-state index is -5.06. The molecule has 0 aliphatic heterocycles. The number of nitro groups is 1. The summed E-state index contributed by atoms with van der Waals surface area (Å²) in [7, 11) is -10.1. The maximum Gasteiger partial charge on any atom is 0.296 e. The normalized spacial score (nSPS) is 12.4. The van der Waals surface area contributed by atoms with Crippen LogP contribution in [0.25, 0.3) is 10.8 Å². The minimum Gasteiger partial charge on any atom is -0.505 e. The standard InChI is InChI=1S/C22H17N7O9S2/c23-12-1-3-13(4-2-12)26-28-21-17(40(36,37)38)10-11-9-16(39(33,34)35)20(19(24)18(11)22(21)30)27-25-14-5-7-15(8-6-14)29(31)32/h1-10,30H,23-24H2,(H,33,34,35)(H,36,37,38)/b27-25+,28-26+. The van der Waals surface area contributed by atoms with Crippen molar-refractivity contribution in [3.05, 3.63) is 70.8 Å². The van der Waals surface area contributed by atoms with Crippen LogP contribution in [0, 0.1) is 10.1 Å². The molecule has 0 unspecified atom stereocenters. The summed E-state index contributed by atoms with van der Waals surface area (Å²) in [5.41, 5.74) is 10.2. The van der Waals surface area contributed by atoms with Crippen molar-refractivity contribution in [3.63, 3.8) is 0 Å². The number of phenolic OH excluding ortho intramolecular Hbond substituents is 1. The van der Waals surface area contributed by atoms with E-state index in [1.807, 2.05) is 0 Å². The van der Waals surface area contributed by atoms with Crippen LogP contribution in [0.3, 0.4) is 0 Å². The van der Waals surface area contributed by atoms with Gasteiger partial charge in [0, 0.05) is 17.8 Å². The van der Waals surface area contributed by atoms with Gasteiger partial charge < -0.3 is 16.6 Å². The van der Waals surface area contributed by atoms with E-state index in [2.05, 4.69) is 20.5 Å². The quantitative estimate of drug-likeness (QED) is 0.0634. The molecule has 0 aliphatic carbocycles. The maximum atomic E-state index is 12.1. The number of hydrogen-bond donors (Lipinski definition) is 5. The predicted octanol–water partition coefficient (Wildman–Crippen LogP) is 4.94. The molecule has 0 atom stereocenters. The molecule has 40 heavy (non-hydrogen) atoms. The number of fused-ring (bicyclic) bond motifs is 1. The number of hydrogen-bond acceptors (Lipinski definition) is 13. The first-order valence-corrected chi connectivity index (χ1v) is 13.6. The van der Waals surface area contributed by atoms with Crippen molar-refractivity contribution in [3.8, 4) is 5.75 Å². The molecule has 4 aromatic rings. The first kappa shape index (κ1) is 28.0. The average molecular weight is 588 g/mol. The Morgan fingerprint density at radius 1 is 0.725 bits per heavy atom. The van der Waals surface area contributed by atoms with E-state index in [0.717, 1.165) is 24.3 Å². The summed E-state index contributed by atoms with van der Waals surface area (Å²) >= 11 is 0. The predicted molar refractivity (Wildman–Crippen MR) is 142 cm³/mol. The Bertz CT molecular complexity index is 1940. The molecule has 0 saturated heterocycles. The third-order valence-corrected chi connectivity index (χ3v) is 7.09. The number of phenols is 1. The monoisotopic (exact) mass is 587 g/mol. The van der Waals surface area contributed by atoms with Gasteiger partial charge in [0.2, 0.25) is 0 Å². The Morgan fingerprint density at radius 3 is 1.65 bits per heavy atom. The van der Waals surface area contributed by atoms with Gasteiger partial charge in [-0.3, -0.25) is 19.2 Å². The first-order valence-electron chi connectivity index (χ1n) is 10.7. The largest absolute Gasteiger partial charge is 0.505 e. The molecule has 0 heterocycles. The average Bonchev–Trinajstić information content (AvgIpc) is 2.87. The van der Waals surface area contributed by atoms with Gasteiger partial charge in [0.25, 0.3) is 25.9 Å². The van der Waals surface area contributed by atoms with Crippen molar-refractivity contribution >= 4 is 70.8 Å². The van der Waals surface area contributed by atoms with E-state index in [9.17, 15) is 41.2 Å². The third-order valence-electron chi connectivity index (χ3n) is 5.35. The second-order valence-electron chi connectivity index (χ2n) is 8.02. The van der Waals surface area contributed by atoms with Crippen LogP contribution in [0.2, 0.25) is 0 Å². The van der Waals surface area contributed by atoms with E-state index in [0.29, 0.717) is 5.69 Å². The number of non-ortho nitro benzene ring substituents is 1. The van der Waals surface area contributed by atoms with Crippen molar-refractivity contribution in [1.29, 1.82) is 0 Å². The molecule has 0 saturated carbocycles. The van der Waals surface area contributed by atoms with Crippen molar-refractivity contribution in [1.82, 2.24) is 0 Å². The Hall–Kier alpha value is -5.04. The summed E-state index contributed by atoms with van der Waals surface area (Å²) in [6, 6.07) is 12.0. The molecule has 0 fully saturated rings. The van der Waals surface area contributed by atoms with Gasteiger partial charge in [-0.05, 0) is 53.9 Å². The number of aromatic hydroxyl groups is 1. The van der Waals surface area contributed by atoms with Gasteiger partial charge in [-0.15, -0.1) is 10.2 Å². The fraction of sp³-hybridized carbons (Fsp3) is 0. The molecule has 0 spiro atoms. The highest BCUT2D eigenvalue weighted by Crippen LogP contribution is 2.48. The summed E-state index contributed by atoms with van der Waals surface area (Å²) in [5.74, 6) is -0.921. The molecule has 7 N–H and O–H groups in total. The molecule has 16 nitrogen and oxygen atoms in total. The molecular weight excluding hydrogens is 570 g/mol. The van der Waals surface area contributed by atoms with Crippen molar-refractivity contribution < 1.29 is 36.0 Å². The number of nitrogens with two attached hydrogens (primary N) is 2. The number of nitro benzene ring substituents is 1. The van der Waals surface area contributed by atoms with Gasteiger partial charge in [-0.25, -0.2) is 0 Å². The lowest BCUT2D eigenvalue weighted by Gasteiger charge is -2.14. The van der Waals surface area contributed by atoms with Crippen LogP contribution in [-0.2, 0) is 20.2 Å². The SMILES string of the molecule is Nc1ccc(/N=N/c2c(S(=O)(=O)O)cc3cc(S(=O)(=O)O)c(/N=N/c4ccc([N+](=O)[O-])cc4)c(N)c3c2O)cc1. The van der Waals surface area contributed by atoms with Crippen LogP contribution in [0.1, 0.15) is 0 Å². The van der Waals surface area contributed by atoms with E-state index in [1.54, 1.807) is 0 Å².